The summed E-state index contributed by atoms with van der Waals surface area (Å²) in [6.07, 6.45) is 3.78. The monoisotopic (exact) mass is 417 g/mol. The Morgan fingerprint density at radius 3 is 2.31 bits per heavy atom. The van der Waals surface area contributed by atoms with Gasteiger partial charge in [0.2, 0.25) is 5.91 Å². The molecular formula is C22H31N3O3S. The maximum atomic E-state index is 12.3. The van der Waals surface area contributed by atoms with Crippen LogP contribution in [0.3, 0.4) is 0 Å². The molecule has 0 aliphatic rings. The van der Waals surface area contributed by atoms with Crippen molar-refractivity contribution >= 4 is 17.7 Å². The molecule has 1 aromatic carbocycles. The van der Waals surface area contributed by atoms with Crippen molar-refractivity contribution in [2.45, 2.75) is 52.1 Å². The molecule has 0 radical (unpaired) electrons. The van der Waals surface area contributed by atoms with E-state index < -0.39 is 0 Å². The van der Waals surface area contributed by atoms with Crippen LogP contribution in [0.25, 0.3) is 0 Å². The number of aryl methyl sites for hydroxylation is 2. The Balaban J connectivity index is 1.85. The van der Waals surface area contributed by atoms with Gasteiger partial charge in [-0.3, -0.25) is 4.79 Å². The number of benzene rings is 1. The van der Waals surface area contributed by atoms with Gasteiger partial charge in [-0.05, 0) is 70.1 Å². The molecule has 29 heavy (non-hydrogen) atoms. The van der Waals surface area contributed by atoms with Crippen molar-refractivity contribution < 1.29 is 14.3 Å². The summed E-state index contributed by atoms with van der Waals surface area (Å²) in [5, 5.41) is 3.77. The van der Waals surface area contributed by atoms with Crippen molar-refractivity contribution in [3.05, 3.63) is 40.7 Å². The zero-order chi connectivity index (χ0) is 21.2. The van der Waals surface area contributed by atoms with Gasteiger partial charge in [-0.25, -0.2) is 9.97 Å². The van der Waals surface area contributed by atoms with Crippen LogP contribution < -0.4 is 14.8 Å². The van der Waals surface area contributed by atoms with E-state index in [0.29, 0.717) is 32.6 Å². The molecule has 6 nitrogen and oxygen atoms in total. The zero-order valence-corrected chi connectivity index (χ0v) is 18.8. The minimum atomic E-state index is 0.0358. The second-order valence-corrected chi connectivity index (χ2v) is 7.38. The maximum absolute atomic E-state index is 12.3. The molecule has 7 heteroatoms. The van der Waals surface area contributed by atoms with E-state index in [9.17, 15) is 4.79 Å². The molecule has 0 aliphatic carbocycles. The standard InChI is InChI=1S/C22H31N3O3S/c1-6-27-19-10-8-17(14-20(19)28-7-2)12-13-23-21(26)11-9-18-15(3)24-22(29-5)25-16(18)4/h8,10,14H,6-7,9,11-13H2,1-5H3,(H,23,26). The third-order valence-corrected chi connectivity index (χ3v) is 5.08. The van der Waals surface area contributed by atoms with Gasteiger partial charge in [0.25, 0.3) is 0 Å². The number of nitrogens with zero attached hydrogens (tertiary/aromatic N) is 2. The SMILES string of the molecule is CCOc1ccc(CCNC(=O)CCc2c(C)nc(SC)nc2C)cc1OCC. The highest BCUT2D eigenvalue weighted by atomic mass is 32.2. The van der Waals surface area contributed by atoms with E-state index in [1.807, 2.05) is 52.1 Å². The Hall–Kier alpha value is -2.28. The number of hydrogen-bond donors (Lipinski definition) is 1. The Morgan fingerprint density at radius 2 is 1.69 bits per heavy atom. The Morgan fingerprint density at radius 1 is 1.03 bits per heavy atom. The first-order valence-corrected chi connectivity index (χ1v) is 11.2. The third-order valence-electron chi connectivity index (χ3n) is 4.53. The minimum absolute atomic E-state index is 0.0358. The van der Waals surface area contributed by atoms with Crippen molar-refractivity contribution in [2.75, 3.05) is 26.0 Å². The van der Waals surface area contributed by atoms with Crippen molar-refractivity contribution in [1.82, 2.24) is 15.3 Å². The van der Waals surface area contributed by atoms with Crippen molar-refractivity contribution in [3.63, 3.8) is 0 Å². The van der Waals surface area contributed by atoms with E-state index in [0.717, 1.165) is 45.6 Å². The third kappa shape index (κ3) is 6.92. The zero-order valence-electron chi connectivity index (χ0n) is 18.0. The lowest BCUT2D eigenvalue weighted by Crippen LogP contribution is -2.26. The van der Waals surface area contributed by atoms with Gasteiger partial charge in [-0.1, -0.05) is 17.8 Å². The smallest absolute Gasteiger partial charge is 0.220 e. The average Bonchev–Trinajstić information content (AvgIpc) is 2.69. The summed E-state index contributed by atoms with van der Waals surface area (Å²) in [6.45, 7) is 9.61. The van der Waals surface area contributed by atoms with Crippen LogP contribution in [-0.2, 0) is 17.6 Å². The summed E-state index contributed by atoms with van der Waals surface area (Å²) in [7, 11) is 0. The summed E-state index contributed by atoms with van der Waals surface area (Å²) >= 11 is 1.53. The fourth-order valence-corrected chi connectivity index (χ4v) is 3.54. The molecule has 2 aromatic rings. The molecule has 1 heterocycles. The molecule has 0 saturated carbocycles. The number of aromatic nitrogens is 2. The Labute approximate surface area is 177 Å². The minimum Gasteiger partial charge on any atom is -0.490 e. The first kappa shape index (κ1) is 23.0. The number of rotatable bonds is 11. The molecule has 0 bridgehead atoms. The highest BCUT2D eigenvalue weighted by molar-refractivity contribution is 7.98. The Kier molecular flexibility index (Phi) is 9.25. The Bertz CT molecular complexity index is 804. The van der Waals surface area contributed by atoms with E-state index in [1.165, 1.54) is 11.8 Å². The second-order valence-electron chi connectivity index (χ2n) is 6.61. The first-order chi connectivity index (χ1) is 14.0. The lowest BCUT2D eigenvalue weighted by Gasteiger charge is -2.13. The van der Waals surface area contributed by atoms with Crippen molar-refractivity contribution in [3.8, 4) is 11.5 Å². The van der Waals surface area contributed by atoms with Crippen molar-refractivity contribution in [1.29, 1.82) is 0 Å². The summed E-state index contributed by atoms with van der Waals surface area (Å²) < 4.78 is 11.2. The van der Waals surface area contributed by atoms with Gasteiger partial charge in [0.05, 0.1) is 13.2 Å². The molecule has 1 amide bonds. The lowest BCUT2D eigenvalue weighted by molar-refractivity contribution is -0.121. The van der Waals surface area contributed by atoms with Gasteiger partial charge in [0.1, 0.15) is 0 Å². The summed E-state index contributed by atoms with van der Waals surface area (Å²) in [5.74, 6) is 1.54. The van der Waals surface area contributed by atoms with Gasteiger partial charge in [-0.15, -0.1) is 0 Å². The highest BCUT2D eigenvalue weighted by Crippen LogP contribution is 2.28. The predicted octanol–water partition coefficient (Wildman–Crippen LogP) is 3.90. The molecule has 0 spiro atoms. The second kappa shape index (κ2) is 11.7. The van der Waals surface area contributed by atoms with Crippen molar-refractivity contribution in [2.24, 2.45) is 0 Å². The molecular weight excluding hydrogens is 386 g/mol. The van der Waals surface area contributed by atoms with E-state index >= 15 is 0 Å². The van der Waals surface area contributed by atoms with Crippen LogP contribution in [0.15, 0.2) is 23.4 Å². The molecule has 0 saturated heterocycles. The molecule has 0 unspecified atom stereocenters. The van der Waals surface area contributed by atoms with Crippen LogP contribution in [0, 0.1) is 13.8 Å². The van der Waals surface area contributed by atoms with E-state index in [1.54, 1.807) is 0 Å². The van der Waals surface area contributed by atoms with E-state index in [-0.39, 0.29) is 5.91 Å². The number of carbonyl (C=O) groups excluding carboxylic acids is 1. The lowest BCUT2D eigenvalue weighted by atomic mass is 10.1. The van der Waals surface area contributed by atoms with Crippen LogP contribution in [-0.4, -0.2) is 41.9 Å². The summed E-state index contributed by atoms with van der Waals surface area (Å²) in [6, 6.07) is 5.92. The molecule has 1 N–H and O–H groups in total. The maximum Gasteiger partial charge on any atom is 0.220 e. The molecule has 2 rings (SSSR count). The number of carbonyl (C=O) groups is 1. The van der Waals surface area contributed by atoms with Crippen LogP contribution in [0.1, 0.15) is 42.8 Å². The van der Waals surface area contributed by atoms with Gasteiger partial charge in [-0.2, -0.15) is 0 Å². The fraction of sp³-hybridized carbons (Fsp3) is 0.500. The van der Waals surface area contributed by atoms with Gasteiger partial charge >= 0.3 is 0 Å². The molecule has 1 aromatic heterocycles. The predicted molar refractivity (Wildman–Crippen MR) is 117 cm³/mol. The molecule has 0 aliphatic heterocycles. The van der Waals surface area contributed by atoms with Gasteiger partial charge < -0.3 is 14.8 Å². The van der Waals surface area contributed by atoms with Crippen LogP contribution in [0.5, 0.6) is 11.5 Å². The number of hydrogen-bond acceptors (Lipinski definition) is 6. The van der Waals surface area contributed by atoms with Crippen LogP contribution >= 0.6 is 11.8 Å². The van der Waals surface area contributed by atoms with E-state index in [4.69, 9.17) is 9.47 Å². The van der Waals surface area contributed by atoms with E-state index in [2.05, 4.69) is 15.3 Å². The van der Waals surface area contributed by atoms with Crippen LogP contribution in [0.4, 0.5) is 0 Å². The number of nitrogens with one attached hydrogen (secondary N) is 1. The van der Waals surface area contributed by atoms with Crippen LogP contribution in [0.2, 0.25) is 0 Å². The summed E-state index contributed by atoms with van der Waals surface area (Å²) in [5.41, 5.74) is 4.07. The highest BCUT2D eigenvalue weighted by Gasteiger charge is 2.11. The van der Waals surface area contributed by atoms with Gasteiger partial charge in [0.15, 0.2) is 16.7 Å². The average molecular weight is 418 g/mol. The summed E-state index contributed by atoms with van der Waals surface area (Å²) in [4.78, 5) is 21.2. The topological polar surface area (TPSA) is 73.3 Å². The molecule has 0 atom stereocenters. The molecule has 158 valence electrons. The number of ether oxygens (including phenoxy) is 2. The quantitative estimate of drug-likeness (QED) is 0.441. The first-order valence-electron chi connectivity index (χ1n) is 10.0. The largest absolute Gasteiger partial charge is 0.490 e. The molecule has 0 fully saturated rings. The number of thioether (sulfide) groups is 1. The normalized spacial score (nSPS) is 10.7. The number of amides is 1. The van der Waals surface area contributed by atoms with Gasteiger partial charge in [0, 0.05) is 24.4 Å². The fourth-order valence-electron chi connectivity index (χ4n) is 3.09.